The van der Waals surface area contributed by atoms with Crippen molar-refractivity contribution < 1.29 is 14.7 Å². The zero-order chi connectivity index (χ0) is 15.2. The first-order valence-electron chi connectivity index (χ1n) is 6.88. The van der Waals surface area contributed by atoms with Crippen LogP contribution in [0.2, 0.25) is 0 Å². The number of aliphatic hydroxyl groups is 1. The van der Waals surface area contributed by atoms with E-state index in [9.17, 15) is 9.59 Å². The summed E-state index contributed by atoms with van der Waals surface area (Å²) in [7, 11) is 0. The lowest BCUT2D eigenvalue weighted by molar-refractivity contribution is -0.123. The molecule has 1 saturated heterocycles. The van der Waals surface area contributed by atoms with Crippen LogP contribution in [0.5, 0.6) is 0 Å². The first kappa shape index (κ1) is 15.1. The van der Waals surface area contributed by atoms with E-state index in [1.165, 1.54) is 4.90 Å². The second-order valence-corrected chi connectivity index (χ2v) is 4.88. The summed E-state index contributed by atoms with van der Waals surface area (Å²) in [4.78, 5) is 25.3. The molecule has 2 rings (SSSR count). The Labute approximate surface area is 124 Å². The molecule has 0 aromatic heterocycles. The smallest absolute Gasteiger partial charge is 0.254 e. The summed E-state index contributed by atoms with van der Waals surface area (Å²) in [6.45, 7) is 3.04. The van der Waals surface area contributed by atoms with Gasteiger partial charge in [-0.2, -0.15) is 0 Å². The molecular formula is C16H18N2O3. The molecule has 0 bridgehead atoms. The predicted molar refractivity (Wildman–Crippen MR) is 78.7 cm³/mol. The first-order valence-corrected chi connectivity index (χ1v) is 6.88. The fraction of sp³-hybridized carbons (Fsp3) is 0.375. The molecule has 1 aromatic rings. The van der Waals surface area contributed by atoms with Gasteiger partial charge in [0.05, 0.1) is 13.2 Å². The third-order valence-corrected chi connectivity index (χ3v) is 3.27. The van der Waals surface area contributed by atoms with E-state index in [0.29, 0.717) is 25.1 Å². The molecule has 0 aliphatic carbocycles. The van der Waals surface area contributed by atoms with Crippen molar-refractivity contribution in [3.05, 3.63) is 34.9 Å². The maximum Gasteiger partial charge on any atom is 0.254 e. The van der Waals surface area contributed by atoms with Gasteiger partial charge in [0.15, 0.2) is 0 Å². The lowest BCUT2D eigenvalue weighted by Gasteiger charge is -2.26. The Hall–Kier alpha value is -2.32. The highest BCUT2D eigenvalue weighted by Crippen LogP contribution is 2.13. The van der Waals surface area contributed by atoms with Crippen LogP contribution in [0.1, 0.15) is 27.9 Å². The van der Waals surface area contributed by atoms with Gasteiger partial charge in [-0.15, -0.1) is 0 Å². The third kappa shape index (κ3) is 3.83. The summed E-state index contributed by atoms with van der Waals surface area (Å²) in [6.07, 6.45) is 0.407. The Morgan fingerprint density at radius 3 is 3.00 bits per heavy atom. The summed E-state index contributed by atoms with van der Waals surface area (Å²) in [5, 5.41) is 11.4. The molecule has 21 heavy (non-hydrogen) atoms. The van der Waals surface area contributed by atoms with Crippen LogP contribution in [0, 0.1) is 18.8 Å². The number of benzene rings is 1. The van der Waals surface area contributed by atoms with Crippen molar-refractivity contribution in [2.24, 2.45) is 0 Å². The summed E-state index contributed by atoms with van der Waals surface area (Å²) in [5.74, 6) is 5.52. The van der Waals surface area contributed by atoms with Crippen molar-refractivity contribution >= 4 is 11.8 Å². The molecule has 1 heterocycles. The van der Waals surface area contributed by atoms with Crippen LogP contribution >= 0.6 is 0 Å². The number of amides is 2. The number of nitrogens with one attached hydrogen (secondary N) is 1. The van der Waals surface area contributed by atoms with Crippen molar-refractivity contribution in [1.82, 2.24) is 10.2 Å². The van der Waals surface area contributed by atoms with Crippen molar-refractivity contribution in [2.75, 3.05) is 26.2 Å². The quantitative estimate of drug-likeness (QED) is 0.768. The predicted octanol–water partition coefficient (Wildman–Crippen LogP) is 0.301. The monoisotopic (exact) mass is 286 g/mol. The molecule has 1 aromatic carbocycles. The molecule has 110 valence electrons. The van der Waals surface area contributed by atoms with E-state index in [1.807, 2.05) is 13.0 Å². The van der Waals surface area contributed by atoms with E-state index in [2.05, 4.69) is 17.2 Å². The summed E-state index contributed by atoms with van der Waals surface area (Å²) < 4.78 is 0. The van der Waals surface area contributed by atoms with Crippen LogP contribution < -0.4 is 5.32 Å². The molecule has 2 amide bonds. The van der Waals surface area contributed by atoms with Crippen LogP contribution in [0.4, 0.5) is 0 Å². The van der Waals surface area contributed by atoms with Gasteiger partial charge in [-0.25, -0.2) is 0 Å². The average Bonchev–Trinajstić information content (AvgIpc) is 2.48. The van der Waals surface area contributed by atoms with Crippen LogP contribution in [-0.2, 0) is 4.79 Å². The molecule has 1 aliphatic rings. The Kier molecular flexibility index (Phi) is 4.96. The zero-order valence-corrected chi connectivity index (χ0v) is 12.0. The van der Waals surface area contributed by atoms with E-state index < -0.39 is 0 Å². The Morgan fingerprint density at radius 2 is 2.29 bits per heavy atom. The van der Waals surface area contributed by atoms with E-state index in [-0.39, 0.29) is 25.0 Å². The number of nitrogens with zero attached hydrogens (tertiary/aromatic N) is 1. The number of hydrogen-bond acceptors (Lipinski definition) is 3. The lowest BCUT2D eigenvalue weighted by atomic mass is 10.0. The van der Waals surface area contributed by atoms with Crippen molar-refractivity contribution in [3.63, 3.8) is 0 Å². The maximum absolute atomic E-state index is 12.4. The van der Waals surface area contributed by atoms with Crippen molar-refractivity contribution in [2.45, 2.75) is 13.3 Å². The molecule has 0 atom stereocenters. The highest BCUT2D eigenvalue weighted by Gasteiger charge is 2.22. The molecule has 0 spiro atoms. The standard InChI is InChI=1S/C16H18N2O3/c1-12-5-6-14(10-13(12)4-2-3-9-19)16(21)18-8-7-17-15(20)11-18/h5-6,10,19H,3,7-9,11H2,1H3,(H,17,20). The number of piperazine rings is 1. The normalized spacial score (nSPS) is 14.2. The lowest BCUT2D eigenvalue weighted by Crippen LogP contribution is -2.49. The number of aliphatic hydroxyl groups excluding tert-OH is 1. The molecule has 1 fully saturated rings. The molecule has 5 nitrogen and oxygen atoms in total. The highest BCUT2D eigenvalue weighted by atomic mass is 16.2. The topological polar surface area (TPSA) is 69.6 Å². The van der Waals surface area contributed by atoms with Crippen molar-refractivity contribution in [3.8, 4) is 11.8 Å². The van der Waals surface area contributed by atoms with Gasteiger partial charge in [0.25, 0.3) is 5.91 Å². The second kappa shape index (κ2) is 6.91. The molecule has 0 saturated carbocycles. The van der Waals surface area contributed by atoms with Gasteiger partial charge in [0.1, 0.15) is 0 Å². The summed E-state index contributed by atoms with van der Waals surface area (Å²) >= 11 is 0. The number of rotatable bonds is 2. The zero-order valence-electron chi connectivity index (χ0n) is 12.0. The molecule has 1 aliphatic heterocycles. The van der Waals surface area contributed by atoms with Crippen molar-refractivity contribution in [1.29, 1.82) is 0 Å². The summed E-state index contributed by atoms with van der Waals surface area (Å²) in [5.41, 5.74) is 2.28. The molecule has 5 heteroatoms. The van der Waals surface area contributed by atoms with Gasteiger partial charge in [-0.3, -0.25) is 9.59 Å². The van der Waals surface area contributed by atoms with Crippen LogP contribution in [-0.4, -0.2) is 48.1 Å². The van der Waals surface area contributed by atoms with Gasteiger partial charge in [0.2, 0.25) is 5.91 Å². The third-order valence-electron chi connectivity index (χ3n) is 3.27. The largest absolute Gasteiger partial charge is 0.395 e. The van der Waals surface area contributed by atoms with E-state index in [0.717, 1.165) is 11.1 Å². The van der Waals surface area contributed by atoms with Gasteiger partial charge >= 0.3 is 0 Å². The minimum Gasteiger partial charge on any atom is -0.395 e. The average molecular weight is 286 g/mol. The second-order valence-electron chi connectivity index (χ2n) is 4.88. The van der Waals surface area contributed by atoms with Crippen LogP contribution in [0.3, 0.4) is 0 Å². The Balaban J connectivity index is 2.20. The highest BCUT2D eigenvalue weighted by molar-refractivity contribution is 5.97. The maximum atomic E-state index is 12.4. The molecule has 0 radical (unpaired) electrons. The number of aryl methyl sites for hydroxylation is 1. The first-order chi connectivity index (χ1) is 10.1. The number of carbonyl (C=O) groups excluding carboxylic acids is 2. The van der Waals surface area contributed by atoms with Crippen LogP contribution in [0.25, 0.3) is 0 Å². The van der Waals surface area contributed by atoms with E-state index in [1.54, 1.807) is 12.1 Å². The molecule has 2 N–H and O–H groups in total. The fourth-order valence-electron chi connectivity index (χ4n) is 2.10. The molecular weight excluding hydrogens is 268 g/mol. The number of hydrogen-bond donors (Lipinski definition) is 2. The minimum atomic E-state index is -0.157. The van der Waals surface area contributed by atoms with Gasteiger partial charge in [-0.1, -0.05) is 17.9 Å². The van der Waals surface area contributed by atoms with E-state index in [4.69, 9.17) is 5.11 Å². The Morgan fingerprint density at radius 1 is 1.48 bits per heavy atom. The van der Waals surface area contributed by atoms with Gasteiger partial charge < -0.3 is 15.3 Å². The van der Waals surface area contributed by atoms with Gasteiger partial charge in [-0.05, 0) is 24.6 Å². The van der Waals surface area contributed by atoms with Crippen LogP contribution in [0.15, 0.2) is 18.2 Å². The Bertz CT molecular complexity index is 614. The fourth-order valence-corrected chi connectivity index (χ4v) is 2.10. The SMILES string of the molecule is Cc1ccc(C(=O)N2CCNC(=O)C2)cc1C#CCCO. The minimum absolute atomic E-state index is 0.0214. The molecule has 0 unspecified atom stereocenters. The van der Waals surface area contributed by atoms with Gasteiger partial charge in [0, 0.05) is 30.6 Å². The summed E-state index contributed by atoms with van der Waals surface area (Å²) in [6, 6.07) is 5.34. The number of carbonyl (C=O) groups is 2. The van der Waals surface area contributed by atoms with E-state index >= 15 is 0 Å².